The van der Waals surface area contributed by atoms with Gasteiger partial charge in [-0.3, -0.25) is 19.3 Å². The summed E-state index contributed by atoms with van der Waals surface area (Å²) in [5, 5.41) is 17.7. The molecule has 10 nitrogen and oxygen atoms in total. The zero-order chi connectivity index (χ0) is 33.3. The molecule has 11 heteroatoms. The standard InChI is InChI=1S/C34H49N5O5S/c1-8-22(4)28(37-31(41)27-16-12-13-17-38(27)6)33(42)39(7)29(21(2)3)32-36-26(20-45-32)30(40)35-25(18-23(5)34(43)44)19-24-14-10-9-11-15-24/h9-11,14-15,18,20-22,25,27-29H,8,12-13,16-17,19H2,1-7H3,(H,35,40)(H,37,41)(H,43,44)/b23-18+/t22-,25+,27+,28-,29-/m0/s1. The number of aromatic nitrogens is 1. The summed E-state index contributed by atoms with van der Waals surface area (Å²) in [6.07, 6.45) is 5.50. The molecule has 1 fully saturated rings. The molecule has 3 rings (SSSR count). The number of amides is 3. The van der Waals surface area contributed by atoms with Crippen LogP contribution in [-0.4, -0.2) is 82.3 Å². The smallest absolute Gasteiger partial charge is 0.331 e. The first kappa shape index (κ1) is 35.9. The van der Waals surface area contributed by atoms with Crippen molar-refractivity contribution in [3.63, 3.8) is 0 Å². The van der Waals surface area contributed by atoms with Gasteiger partial charge in [0.2, 0.25) is 11.8 Å². The fraction of sp³-hybridized carbons (Fsp3) is 0.559. The van der Waals surface area contributed by atoms with Crippen molar-refractivity contribution in [2.45, 2.75) is 90.9 Å². The number of likely N-dealkylation sites (N-methyl/N-ethyl adjacent to an activating group) is 2. The number of carboxylic acids is 1. The van der Waals surface area contributed by atoms with Gasteiger partial charge in [-0.1, -0.05) is 76.9 Å². The number of rotatable bonds is 14. The molecule has 5 atom stereocenters. The van der Waals surface area contributed by atoms with Crippen molar-refractivity contribution in [3.05, 3.63) is 63.6 Å². The Morgan fingerprint density at radius 1 is 1.13 bits per heavy atom. The fourth-order valence-corrected chi connectivity index (χ4v) is 6.87. The molecule has 45 heavy (non-hydrogen) atoms. The van der Waals surface area contributed by atoms with E-state index in [1.54, 1.807) is 17.3 Å². The first-order valence-corrected chi connectivity index (χ1v) is 16.7. The topological polar surface area (TPSA) is 132 Å². The molecule has 0 unspecified atom stereocenters. The number of thiazole rings is 1. The van der Waals surface area contributed by atoms with E-state index in [1.165, 1.54) is 24.3 Å². The molecule has 0 aliphatic carbocycles. The molecule has 3 N–H and O–H groups in total. The number of nitrogens with one attached hydrogen (secondary N) is 2. The first-order chi connectivity index (χ1) is 21.3. The highest BCUT2D eigenvalue weighted by Gasteiger charge is 2.37. The lowest BCUT2D eigenvalue weighted by Crippen LogP contribution is -2.56. The lowest BCUT2D eigenvalue weighted by atomic mass is 9.94. The zero-order valence-corrected chi connectivity index (χ0v) is 28.4. The molecule has 1 aromatic carbocycles. The van der Waals surface area contributed by atoms with Crippen molar-refractivity contribution in [1.82, 2.24) is 25.4 Å². The van der Waals surface area contributed by atoms with Crippen molar-refractivity contribution in [2.24, 2.45) is 11.8 Å². The van der Waals surface area contributed by atoms with E-state index in [4.69, 9.17) is 0 Å². The van der Waals surface area contributed by atoms with Gasteiger partial charge in [0.15, 0.2) is 0 Å². The van der Waals surface area contributed by atoms with Crippen LogP contribution in [0.25, 0.3) is 0 Å². The van der Waals surface area contributed by atoms with Crippen LogP contribution < -0.4 is 10.6 Å². The molecule has 2 aromatic rings. The molecule has 0 saturated carbocycles. The molecular weight excluding hydrogens is 590 g/mol. The van der Waals surface area contributed by atoms with Crippen molar-refractivity contribution in [2.75, 3.05) is 20.6 Å². The second-order valence-electron chi connectivity index (χ2n) is 12.5. The van der Waals surface area contributed by atoms with E-state index in [2.05, 4.69) is 20.5 Å². The molecular formula is C34H49N5O5S. The molecule has 0 bridgehead atoms. The van der Waals surface area contributed by atoms with Crippen LogP contribution in [0.15, 0.2) is 47.4 Å². The summed E-state index contributed by atoms with van der Waals surface area (Å²) in [7, 11) is 3.69. The maximum atomic E-state index is 14.0. The van der Waals surface area contributed by atoms with Crippen molar-refractivity contribution < 1.29 is 24.3 Å². The maximum absolute atomic E-state index is 14.0. The van der Waals surface area contributed by atoms with E-state index in [0.717, 1.165) is 37.8 Å². The largest absolute Gasteiger partial charge is 0.478 e. The molecule has 1 aliphatic rings. The van der Waals surface area contributed by atoms with Crippen LogP contribution in [-0.2, 0) is 20.8 Å². The highest BCUT2D eigenvalue weighted by atomic mass is 32.1. The summed E-state index contributed by atoms with van der Waals surface area (Å²) >= 11 is 1.30. The summed E-state index contributed by atoms with van der Waals surface area (Å²) in [4.78, 5) is 60.6. The summed E-state index contributed by atoms with van der Waals surface area (Å²) in [5.74, 6) is -1.88. The molecule has 0 spiro atoms. The third kappa shape index (κ3) is 9.71. The van der Waals surface area contributed by atoms with Crippen molar-refractivity contribution >= 4 is 35.0 Å². The van der Waals surface area contributed by atoms with Crippen LogP contribution in [0, 0.1) is 11.8 Å². The predicted octanol–water partition coefficient (Wildman–Crippen LogP) is 4.69. The minimum atomic E-state index is -1.05. The number of likely N-dealkylation sites (tertiary alicyclic amines) is 1. The SMILES string of the molecule is CC[C@H](C)[C@H](NC(=O)[C@H]1CCCCN1C)C(=O)N(C)[C@H](c1nc(C(=O)N[C@H](/C=C(\C)C(=O)O)Cc2ccccc2)cs1)C(C)C. The van der Waals surface area contributed by atoms with Gasteiger partial charge in [0, 0.05) is 18.0 Å². The summed E-state index contributed by atoms with van der Waals surface area (Å²) in [5.41, 5.74) is 1.29. The van der Waals surface area contributed by atoms with Crippen LogP contribution in [0.4, 0.5) is 0 Å². The van der Waals surface area contributed by atoms with Crippen LogP contribution in [0.3, 0.4) is 0 Å². The van der Waals surface area contributed by atoms with Crippen LogP contribution in [0.5, 0.6) is 0 Å². The number of carbonyl (C=O) groups is 4. The van der Waals surface area contributed by atoms with Crippen LogP contribution >= 0.6 is 11.3 Å². The predicted molar refractivity (Wildman–Crippen MR) is 177 cm³/mol. The average molecular weight is 640 g/mol. The Labute approximate surface area is 271 Å². The Morgan fingerprint density at radius 2 is 1.82 bits per heavy atom. The molecule has 1 aromatic heterocycles. The average Bonchev–Trinajstić information content (AvgIpc) is 3.49. The Kier molecular flexibility index (Phi) is 13.3. The monoisotopic (exact) mass is 639 g/mol. The molecule has 246 valence electrons. The van der Waals surface area contributed by atoms with Gasteiger partial charge >= 0.3 is 5.97 Å². The number of carboxylic acid groups (broad SMARTS) is 1. The minimum Gasteiger partial charge on any atom is -0.478 e. The van der Waals surface area contributed by atoms with E-state index in [9.17, 15) is 24.3 Å². The molecule has 0 radical (unpaired) electrons. The highest BCUT2D eigenvalue weighted by molar-refractivity contribution is 7.09. The number of hydrogen-bond donors (Lipinski definition) is 3. The van der Waals surface area contributed by atoms with Gasteiger partial charge in [0.05, 0.1) is 18.1 Å². The first-order valence-electron chi connectivity index (χ1n) is 15.8. The van der Waals surface area contributed by atoms with Gasteiger partial charge in [-0.05, 0) is 57.2 Å². The Morgan fingerprint density at radius 3 is 2.42 bits per heavy atom. The van der Waals surface area contributed by atoms with E-state index < -0.39 is 30.0 Å². The van der Waals surface area contributed by atoms with Gasteiger partial charge in [0.1, 0.15) is 16.7 Å². The Hall–Kier alpha value is -3.57. The summed E-state index contributed by atoms with van der Waals surface area (Å²) in [6, 6.07) is 7.62. The van der Waals surface area contributed by atoms with E-state index >= 15 is 0 Å². The molecule has 3 amide bonds. The number of aliphatic carboxylic acids is 1. The van der Waals surface area contributed by atoms with Crippen molar-refractivity contribution in [1.29, 1.82) is 0 Å². The molecule has 2 heterocycles. The van der Waals surface area contributed by atoms with Crippen LogP contribution in [0.1, 0.15) is 87.4 Å². The van der Waals surface area contributed by atoms with E-state index in [-0.39, 0.29) is 41.0 Å². The quantitative estimate of drug-likeness (QED) is 0.256. The van der Waals surface area contributed by atoms with Gasteiger partial charge < -0.3 is 20.6 Å². The van der Waals surface area contributed by atoms with Gasteiger partial charge in [-0.15, -0.1) is 11.3 Å². The second kappa shape index (κ2) is 16.7. The molecule has 1 aliphatic heterocycles. The van der Waals surface area contributed by atoms with E-state index in [0.29, 0.717) is 11.4 Å². The Balaban J connectivity index is 1.80. The van der Waals surface area contributed by atoms with Gasteiger partial charge in [-0.2, -0.15) is 0 Å². The van der Waals surface area contributed by atoms with Gasteiger partial charge in [-0.25, -0.2) is 9.78 Å². The minimum absolute atomic E-state index is 0.0225. The number of hydrogen-bond acceptors (Lipinski definition) is 7. The number of benzene rings is 1. The number of piperidine rings is 1. The zero-order valence-electron chi connectivity index (χ0n) is 27.6. The lowest BCUT2D eigenvalue weighted by molar-refractivity contribution is -0.141. The van der Waals surface area contributed by atoms with Crippen LogP contribution in [0.2, 0.25) is 0 Å². The summed E-state index contributed by atoms with van der Waals surface area (Å²) < 4.78 is 0. The third-order valence-corrected chi connectivity index (χ3v) is 9.57. The number of nitrogens with zero attached hydrogens (tertiary/aromatic N) is 3. The van der Waals surface area contributed by atoms with E-state index in [1.807, 2.05) is 65.1 Å². The molecule has 1 saturated heterocycles. The second-order valence-corrected chi connectivity index (χ2v) is 13.4. The maximum Gasteiger partial charge on any atom is 0.331 e. The normalized spacial score (nSPS) is 18.5. The lowest BCUT2D eigenvalue weighted by Gasteiger charge is -2.36. The fourth-order valence-electron chi connectivity index (χ4n) is 5.76. The van der Waals surface area contributed by atoms with Gasteiger partial charge in [0.25, 0.3) is 5.91 Å². The number of carbonyl (C=O) groups excluding carboxylic acids is 3. The summed E-state index contributed by atoms with van der Waals surface area (Å²) in [6.45, 7) is 10.3. The highest BCUT2D eigenvalue weighted by Crippen LogP contribution is 2.31. The third-order valence-electron chi connectivity index (χ3n) is 8.66. The Bertz CT molecular complexity index is 1340. The van der Waals surface area contributed by atoms with Crippen molar-refractivity contribution in [3.8, 4) is 0 Å².